The van der Waals surface area contributed by atoms with E-state index in [-0.39, 0.29) is 11.9 Å². The molecule has 2 atom stereocenters. The Hall–Kier alpha value is -0.770. The smallest absolute Gasteiger partial charge is 0.237 e. The molecule has 106 valence electrons. The molecule has 1 rings (SSSR count). The fourth-order valence-electron chi connectivity index (χ4n) is 1.80. The Morgan fingerprint density at radius 1 is 1.26 bits per heavy atom. The van der Waals surface area contributed by atoms with Gasteiger partial charge in [0.25, 0.3) is 0 Å². The lowest BCUT2D eigenvalue weighted by Crippen LogP contribution is -2.42. The van der Waals surface area contributed by atoms with Crippen LogP contribution in [0.5, 0.6) is 0 Å². The molecule has 0 heterocycles. The van der Waals surface area contributed by atoms with Crippen molar-refractivity contribution in [1.82, 2.24) is 5.32 Å². The number of rotatable bonds is 5. The molecule has 0 bridgehead atoms. The van der Waals surface area contributed by atoms with E-state index in [4.69, 9.17) is 28.9 Å². The number of hydrogen-bond acceptors (Lipinski definition) is 2. The molecular weight excluding hydrogens is 283 g/mol. The van der Waals surface area contributed by atoms with Gasteiger partial charge in [0.2, 0.25) is 5.91 Å². The summed E-state index contributed by atoms with van der Waals surface area (Å²) >= 11 is 11.8. The molecule has 1 amide bonds. The Morgan fingerprint density at radius 2 is 1.89 bits per heavy atom. The van der Waals surface area contributed by atoms with Crippen LogP contribution in [0.3, 0.4) is 0 Å². The topological polar surface area (TPSA) is 55.1 Å². The van der Waals surface area contributed by atoms with Gasteiger partial charge in [0.05, 0.1) is 22.1 Å². The summed E-state index contributed by atoms with van der Waals surface area (Å²) < 4.78 is 0. The Balaban J connectivity index is 2.66. The van der Waals surface area contributed by atoms with Crippen molar-refractivity contribution < 1.29 is 4.79 Å². The molecule has 0 aliphatic carbocycles. The summed E-state index contributed by atoms with van der Waals surface area (Å²) in [5, 5.41) is 3.86. The average molecular weight is 303 g/mol. The van der Waals surface area contributed by atoms with E-state index in [9.17, 15) is 4.79 Å². The first-order valence-electron chi connectivity index (χ1n) is 6.32. The van der Waals surface area contributed by atoms with Crippen LogP contribution < -0.4 is 11.1 Å². The van der Waals surface area contributed by atoms with Crippen LogP contribution in [0.1, 0.15) is 38.8 Å². The Bertz CT molecular complexity index is 449. The van der Waals surface area contributed by atoms with Crippen LogP contribution in [0.25, 0.3) is 0 Å². The van der Waals surface area contributed by atoms with Crippen molar-refractivity contribution in [2.45, 2.75) is 39.3 Å². The number of nitrogens with one attached hydrogen (secondary N) is 1. The summed E-state index contributed by atoms with van der Waals surface area (Å²) in [4.78, 5) is 11.9. The number of hydrogen-bond donors (Lipinski definition) is 2. The predicted molar refractivity (Wildman–Crippen MR) is 80.5 cm³/mol. The third-order valence-electron chi connectivity index (χ3n) is 2.86. The highest BCUT2D eigenvalue weighted by Crippen LogP contribution is 2.25. The maximum Gasteiger partial charge on any atom is 0.237 e. The molecule has 0 spiro atoms. The van der Waals surface area contributed by atoms with Gasteiger partial charge in [-0.05, 0) is 37.0 Å². The molecule has 0 radical (unpaired) electrons. The third kappa shape index (κ3) is 5.01. The molecule has 3 nitrogen and oxygen atoms in total. The van der Waals surface area contributed by atoms with E-state index in [0.29, 0.717) is 22.4 Å². The zero-order chi connectivity index (χ0) is 14.6. The fraction of sp³-hybridized carbons (Fsp3) is 0.500. The number of nitrogens with two attached hydrogens (primary N) is 1. The monoisotopic (exact) mass is 302 g/mol. The highest BCUT2D eigenvalue weighted by atomic mass is 35.5. The van der Waals surface area contributed by atoms with Crippen LogP contribution in [0.15, 0.2) is 18.2 Å². The van der Waals surface area contributed by atoms with Gasteiger partial charge in [-0.3, -0.25) is 4.79 Å². The standard InChI is InChI=1S/C14H20Cl2N2O/c1-8(2)6-13(17)14(19)18-9(3)10-4-5-11(15)12(16)7-10/h4-5,7-9,13H,6,17H2,1-3H3,(H,18,19). The number of amides is 1. The normalized spacial score (nSPS) is 14.3. The van der Waals surface area contributed by atoms with Gasteiger partial charge in [-0.1, -0.05) is 43.1 Å². The van der Waals surface area contributed by atoms with Crippen molar-refractivity contribution >= 4 is 29.1 Å². The van der Waals surface area contributed by atoms with E-state index >= 15 is 0 Å². The number of benzene rings is 1. The van der Waals surface area contributed by atoms with Gasteiger partial charge in [-0.15, -0.1) is 0 Å². The molecule has 0 saturated heterocycles. The van der Waals surface area contributed by atoms with Gasteiger partial charge in [0, 0.05) is 0 Å². The van der Waals surface area contributed by atoms with Crippen LogP contribution in [0.2, 0.25) is 10.0 Å². The van der Waals surface area contributed by atoms with Crippen LogP contribution in [0, 0.1) is 5.92 Å². The molecule has 0 fully saturated rings. The van der Waals surface area contributed by atoms with Crippen molar-refractivity contribution in [3.63, 3.8) is 0 Å². The predicted octanol–water partition coefficient (Wildman–Crippen LogP) is 3.54. The maximum absolute atomic E-state index is 11.9. The van der Waals surface area contributed by atoms with Gasteiger partial charge in [0.15, 0.2) is 0 Å². The molecule has 0 saturated carbocycles. The average Bonchev–Trinajstić information content (AvgIpc) is 2.31. The minimum atomic E-state index is -0.481. The molecule has 5 heteroatoms. The number of carbonyl (C=O) groups is 1. The van der Waals surface area contributed by atoms with E-state index < -0.39 is 6.04 Å². The third-order valence-corrected chi connectivity index (χ3v) is 3.60. The molecule has 19 heavy (non-hydrogen) atoms. The van der Waals surface area contributed by atoms with Crippen molar-refractivity contribution in [1.29, 1.82) is 0 Å². The first kappa shape index (κ1) is 16.3. The summed E-state index contributed by atoms with van der Waals surface area (Å²) in [5.41, 5.74) is 6.74. The van der Waals surface area contributed by atoms with E-state index in [0.717, 1.165) is 5.56 Å². The van der Waals surface area contributed by atoms with Gasteiger partial charge in [0.1, 0.15) is 0 Å². The second kappa shape index (κ2) is 7.13. The van der Waals surface area contributed by atoms with Gasteiger partial charge >= 0.3 is 0 Å². The summed E-state index contributed by atoms with van der Waals surface area (Å²) in [7, 11) is 0. The highest BCUT2D eigenvalue weighted by molar-refractivity contribution is 6.42. The van der Waals surface area contributed by atoms with E-state index in [2.05, 4.69) is 5.32 Å². The van der Waals surface area contributed by atoms with Crippen molar-refractivity contribution in [2.24, 2.45) is 11.7 Å². The molecule has 1 aromatic carbocycles. The van der Waals surface area contributed by atoms with Gasteiger partial charge < -0.3 is 11.1 Å². The summed E-state index contributed by atoms with van der Waals surface area (Å²) in [5.74, 6) is 0.244. The summed E-state index contributed by atoms with van der Waals surface area (Å²) in [6.07, 6.45) is 0.667. The molecular formula is C14H20Cl2N2O. The quantitative estimate of drug-likeness (QED) is 0.874. The number of halogens is 2. The lowest BCUT2D eigenvalue weighted by Gasteiger charge is -2.19. The lowest BCUT2D eigenvalue weighted by molar-refractivity contribution is -0.123. The lowest BCUT2D eigenvalue weighted by atomic mass is 10.0. The fourth-order valence-corrected chi connectivity index (χ4v) is 2.11. The molecule has 0 aliphatic heterocycles. The van der Waals surface area contributed by atoms with Crippen LogP contribution in [0.4, 0.5) is 0 Å². The van der Waals surface area contributed by atoms with Gasteiger partial charge in [-0.2, -0.15) is 0 Å². The molecule has 1 aromatic rings. The number of carbonyl (C=O) groups excluding carboxylic acids is 1. The molecule has 2 unspecified atom stereocenters. The van der Waals surface area contributed by atoms with Crippen LogP contribution in [-0.2, 0) is 4.79 Å². The second-order valence-electron chi connectivity index (χ2n) is 5.14. The molecule has 3 N–H and O–H groups in total. The molecule has 0 aliphatic rings. The Kier molecular flexibility index (Phi) is 6.11. The first-order valence-corrected chi connectivity index (χ1v) is 7.07. The second-order valence-corrected chi connectivity index (χ2v) is 5.95. The minimum absolute atomic E-state index is 0.146. The zero-order valence-corrected chi connectivity index (χ0v) is 12.9. The Morgan fingerprint density at radius 3 is 2.42 bits per heavy atom. The first-order chi connectivity index (χ1) is 8.81. The van der Waals surface area contributed by atoms with E-state index in [1.807, 2.05) is 26.8 Å². The summed E-state index contributed by atoms with van der Waals surface area (Å²) in [6.45, 7) is 5.96. The van der Waals surface area contributed by atoms with E-state index in [1.54, 1.807) is 12.1 Å². The largest absolute Gasteiger partial charge is 0.348 e. The Labute approximate surface area is 124 Å². The SMILES string of the molecule is CC(C)CC(N)C(=O)NC(C)c1ccc(Cl)c(Cl)c1. The zero-order valence-electron chi connectivity index (χ0n) is 11.4. The van der Waals surface area contributed by atoms with E-state index in [1.165, 1.54) is 0 Å². The highest BCUT2D eigenvalue weighted by Gasteiger charge is 2.18. The van der Waals surface area contributed by atoms with Crippen molar-refractivity contribution in [3.8, 4) is 0 Å². The minimum Gasteiger partial charge on any atom is -0.348 e. The molecule has 0 aromatic heterocycles. The van der Waals surface area contributed by atoms with Gasteiger partial charge in [-0.25, -0.2) is 0 Å². The maximum atomic E-state index is 11.9. The van der Waals surface area contributed by atoms with Crippen LogP contribution >= 0.6 is 23.2 Å². The van der Waals surface area contributed by atoms with Crippen LogP contribution in [-0.4, -0.2) is 11.9 Å². The van der Waals surface area contributed by atoms with Crippen molar-refractivity contribution in [2.75, 3.05) is 0 Å². The van der Waals surface area contributed by atoms with Crippen molar-refractivity contribution in [3.05, 3.63) is 33.8 Å². The summed E-state index contributed by atoms with van der Waals surface area (Å²) in [6, 6.07) is 4.68.